The lowest BCUT2D eigenvalue weighted by Crippen LogP contribution is -2.39. The Morgan fingerprint density at radius 3 is 2.70 bits per heavy atom. The quantitative estimate of drug-likeness (QED) is 0.889. The van der Waals surface area contributed by atoms with Gasteiger partial charge in [0.15, 0.2) is 5.58 Å². The first-order chi connectivity index (χ1) is 9.38. The summed E-state index contributed by atoms with van der Waals surface area (Å²) in [4.78, 5) is 18.0. The highest BCUT2D eigenvalue weighted by Gasteiger charge is 2.17. The lowest BCUT2D eigenvalue weighted by molar-refractivity contribution is -0.118. The Morgan fingerprint density at radius 1 is 1.40 bits per heavy atom. The average Bonchev–Trinajstić information content (AvgIpc) is 2.80. The standard InChI is InChI=1S/C14H20N4O2/c1-8(2)12(15)13(19)16-9-5-6-11-10(7-9)17-14(20-11)18(3)4/h5-8,12H,15H2,1-4H3,(H,16,19)/t12-/m0/s1. The second-order valence-electron chi connectivity index (χ2n) is 5.33. The van der Waals surface area contributed by atoms with Crippen LogP contribution in [0.4, 0.5) is 11.7 Å². The zero-order chi connectivity index (χ0) is 14.9. The monoisotopic (exact) mass is 276 g/mol. The highest BCUT2D eigenvalue weighted by Crippen LogP contribution is 2.23. The molecule has 1 atom stereocenters. The Hall–Kier alpha value is -2.08. The molecule has 0 spiro atoms. The van der Waals surface area contributed by atoms with Gasteiger partial charge in [-0.1, -0.05) is 13.8 Å². The van der Waals surface area contributed by atoms with Gasteiger partial charge in [-0.3, -0.25) is 4.79 Å². The van der Waals surface area contributed by atoms with Gasteiger partial charge in [0.25, 0.3) is 6.01 Å². The van der Waals surface area contributed by atoms with Crippen LogP contribution in [-0.4, -0.2) is 31.0 Å². The van der Waals surface area contributed by atoms with Crippen LogP contribution in [0.1, 0.15) is 13.8 Å². The van der Waals surface area contributed by atoms with E-state index in [2.05, 4.69) is 10.3 Å². The third-order valence-electron chi connectivity index (χ3n) is 3.05. The molecule has 0 saturated carbocycles. The van der Waals surface area contributed by atoms with E-state index < -0.39 is 6.04 Å². The van der Waals surface area contributed by atoms with E-state index >= 15 is 0 Å². The van der Waals surface area contributed by atoms with Crippen molar-refractivity contribution in [3.05, 3.63) is 18.2 Å². The van der Waals surface area contributed by atoms with Crippen LogP contribution in [0.3, 0.4) is 0 Å². The maximum absolute atomic E-state index is 11.9. The van der Waals surface area contributed by atoms with E-state index in [0.29, 0.717) is 22.8 Å². The Morgan fingerprint density at radius 2 is 2.10 bits per heavy atom. The van der Waals surface area contributed by atoms with Crippen LogP contribution in [0.25, 0.3) is 11.1 Å². The molecule has 1 amide bonds. The third kappa shape index (κ3) is 2.91. The first kappa shape index (κ1) is 14.3. The maximum Gasteiger partial charge on any atom is 0.297 e. The van der Waals surface area contributed by atoms with Gasteiger partial charge < -0.3 is 20.4 Å². The van der Waals surface area contributed by atoms with E-state index in [-0.39, 0.29) is 11.8 Å². The molecule has 1 aromatic carbocycles. The van der Waals surface area contributed by atoms with Gasteiger partial charge in [0.1, 0.15) is 5.52 Å². The number of fused-ring (bicyclic) bond motifs is 1. The molecular weight excluding hydrogens is 256 g/mol. The minimum atomic E-state index is -0.527. The summed E-state index contributed by atoms with van der Waals surface area (Å²) in [5, 5.41) is 2.79. The van der Waals surface area contributed by atoms with Crippen molar-refractivity contribution in [2.45, 2.75) is 19.9 Å². The molecule has 2 aromatic rings. The molecule has 0 bridgehead atoms. The lowest BCUT2D eigenvalue weighted by Gasteiger charge is -2.15. The van der Waals surface area contributed by atoms with Crippen LogP contribution in [0, 0.1) is 5.92 Å². The van der Waals surface area contributed by atoms with Crippen molar-refractivity contribution < 1.29 is 9.21 Å². The summed E-state index contributed by atoms with van der Waals surface area (Å²) in [7, 11) is 3.71. The van der Waals surface area contributed by atoms with E-state index in [4.69, 9.17) is 10.2 Å². The van der Waals surface area contributed by atoms with Gasteiger partial charge in [-0.15, -0.1) is 0 Å². The van der Waals surface area contributed by atoms with Crippen molar-refractivity contribution in [3.8, 4) is 0 Å². The van der Waals surface area contributed by atoms with Gasteiger partial charge in [0.05, 0.1) is 6.04 Å². The summed E-state index contributed by atoms with van der Waals surface area (Å²) < 4.78 is 5.55. The molecule has 1 aromatic heterocycles. The zero-order valence-corrected chi connectivity index (χ0v) is 12.2. The molecule has 0 radical (unpaired) electrons. The van der Waals surface area contributed by atoms with Crippen LogP contribution in [0.2, 0.25) is 0 Å². The number of rotatable bonds is 4. The summed E-state index contributed by atoms with van der Waals surface area (Å²) >= 11 is 0. The van der Waals surface area contributed by atoms with Crippen LogP contribution in [-0.2, 0) is 4.79 Å². The molecular formula is C14H20N4O2. The van der Waals surface area contributed by atoms with E-state index in [1.165, 1.54) is 0 Å². The van der Waals surface area contributed by atoms with E-state index in [1.54, 1.807) is 23.1 Å². The fourth-order valence-corrected chi connectivity index (χ4v) is 1.71. The number of hydrogen-bond acceptors (Lipinski definition) is 5. The molecule has 0 unspecified atom stereocenters. The summed E-state index contributed by atoms with van der Waals surface area (Å²) in [6.45, 7) is 3.82. The third-order valence-corrected chi connectivity index (χ3v) is 3.05. The van der Waals surface area contributed by atoms with Crippen LogP contribution in [0.5, 0.6) is 0 Å². The highest BCUT2D eigenvalue weighted by molar-refractivity contribution is 5.96. The van der Waals surface area contributed by atoms with Gasteiger partial charge in [-0.2, -0.15) is 4.98 Å². The average molecular weight is 276 g/mol. The zero-order valence-electron chi connectivity index (χ0n) is 12.2. The number of nitrogens with two attached hydrogens (primary N) is 1. The molecule has 1 heterocycles. The predicted molar refractivity (Wildman–Crippen MR) is 79.8 cm³/mol. The number of nitrogens with zero attached hydrogens (tertiary/aromatic N) is 2. The highest BCUT2D eigenvalue weighted by atomic mass is 16.4. The van der Waals surface area contributed by atoms with Crippen molar-refractivity contribution in [3.63, 3.8) is 0 Å². The Kier molecular flexibility index (Phi) is 3.94. The fraction of sp³-hybridized carbons (Fsp3) is 0.429. The molecule has 6 nitrogen and oxygen atoms in total. The maximum atomic E-state index is 11.9. The summed E-state index contributed by atoms with van der Waals surface area (Å²) in [6, 6.07) is 5.34. The van der Waals surface area contributed by atoms with E-state index in [9.17, 15) is 4.79 Å². The minimum Gasteiger partial charge on any atom is -0.423 e. The first-order valence-corrected chi connectivity index (χ1v) is 6.53. The van der Waals surface area contributed by atoms with Crippen LogP contribution < -0.4 is 16.0 Å². The van der Waals surface area contributed by atoms with Crippen LogP contribution >= 0.6 is 0 Å². The van der Waals surface area contributed by atoms with E-state index in [0.717, 1.165) is 0 Å². The smallest absolute Gasteiger partial charge is 0.297 e. The van der Waals surface area contributed by atoms with Crippen molar-refractivity contribution >= 4 is 28.7 Å². The molecule has 108 valence electrons. The number of aromatic nitrogens is 1. The van der Waals surface area contributed by atoms with Gasteiger partial charge in [0, 0.05) is 19.8 Å². The molecule has 0 aliphatic rings. The summed E-state index contributed by atoms with van der Waals surface area (Å²) in [5.41, 5.74) is 7.85. The molecule has 0 aliphatic heterocycles. The van der Waals surface area contributed by atoms with Crippen molar-refractivity contribution in [1.29, 1.82) is 0 Å². The van der Waals surface area contributed by atoms with Crippen LogP contribution in [0.15, 0.2) is 22.6 Å². The number of benzene rings is 1. The number of amides is 1. The van der Waals surface area contributed by atoms with Gasteiger partial charge in [0.2, 0.25) is 5.91 Å². The minimum absolute atomic E-state index is 0.0890. The number of nitrogens with one attached hydrogen (secondary N) is 1. The van der Waals surface area contributed by atoms with Gasteiger partial charge >= 0.3 is 0 Å². The van der Waals surface area contributed by atoms with Gasteiger partial charge in [-0.25, -0.2) is 0 Å². The number of oxazole rings is 1. The Balaban J connectivity index is 2.21. The van der Waals surface area contributed by atoms with Crippen molar-refractivity contribution in [2.75, 3.05) is 24.3 Å². The largest absolute Gasteiger partial charge is 0.423 e. The predicted octanol–water partition coefficient (Wildman–Crippen LogP) is 1.82. The SMILES string of the molecule is CC(C)[C@H](N)C(=O)Nc1ccc2oc(N(C)C)nc2c1. The molecule has 20 heavy (non-hydrogen) atoms. The Bertz CT molecular complexity index is 619. The fourth-order valence-electron chi connectivity index (χ4n) is 1.71. The van der Waals surface area contributed by atoms with Crippen molar-refractivity contribution in [2.24, 2.45) is 11.7 Å². The van der Waals surface area contributed by atoms with Crippen molar-refractivity contribution in [1.82, 2.24) is 4.98 Å². The summed E-state index contributed by atoms with van der Waals surface area (Å²) in [6.07, 6.45) is 0. The number of carbonyl (C=O) groups is 1. The molecule has 2 rings (SSSR count). The second-order valence-corrected chi connectivity index (χ2v) is 5.33. The summed E-state index contributed by atoms with van der Waals surface area (Å²) in [5.74, 6) is -0.109. The topological polar surface area (TPSA) is 84.4 Å². The number of hydrogen-bond donors (Lipinski definition) is 2. The normalized spacial score (nSPS) is 12.7. The molecule has 6 heteroatoms. The van der Waals surface area contributed by atoms with E-state index in [1.807, 2.05) is 27.9 Å². The Labute approximate surface area is 117 Å². The first-order valence-electron chi connectivity index (χ1n) is 6.53. The molecule has 3 N–H and O–H groups in total. The molecule has 0 aliphatic carbocycles. The number of carbonyl (C=O) groups excluding carboxylic acids is 1. The number of anilines is 2. The second kappa shape index (κ2) is 5.50. The molecule has 0 fully saturated rings. The molecule has 0 saturated heterocycles. The van der Waals surface area contributed by atoms with Gasteiger partial charge in [-0.05, 0) is 24.1 Å². The lowest BCUT2D eigenvalue weighted by atomic mass is 10.0.